The molecule has 3 atom stereocenters. The van der Waals surface area contributed by atoms with E-state index in [1.54, 1.807) is 6.07 Å². The Kier molecular flexibility index (Phi) is 6.40. The zero-order chi connectivity index (χ0) is 21.1. The number of halogens is 2. The lowest BCUT2D eigenvalue weighted by Gasteiger charge is -2.16. The number of alkyl halides is 1. The average Bonchev–Trinajstić information content (AvgIpc) is 2.90. The second kappa shape index (κ2) is 8.39. The van der Waals surface area contributed by atoms with Crippen molar-refractivity contribution in [2.75, 3.05) is 6.26 Å². The van der Waals surface area contributed by atoms with Crippen LogP contribution in [-0.4, -0.2) is 27.6 Å². The van der Waals surface area contributed by atoms with Gasteiger partial charge in [0.1, 0.15) is 29.6 Å². The summed E-state index contributed by atoms with van der Waals surface area (Å²) in [7, 11) is -2.68. The molecule has 28 heavy (non-hydrogen) atoms. The van der Waals surface area contributed by atoms with Crippen molar-refractivity contribution in [2.24, 2.45) is 0 Å². The lowest BCUT2D eigenvalue weighted by atomic mass is 10.1. The number of fused-ring (bicyclic) bond motifs is 1. The molecule has 0 heterocycles. The fraction of sp³-hybridized carbons (Fsp3) is 0.250. The number of aliphatic hydroxyl groups excluding tert-OH is 1. The maximum atomic E-state index is 14.1. The number of hydrogen-bond acceptors (Lipinski definition) is 5. The minimum absolute atomic E-state index is 0.0788. The van der Waals surface area contributed by atoms with Crippen molar-refractivity contribution in [3.8, 4) is 23.6 Å². The van der Waals surface area contributed by atoms with Crippen molar-refractivity contribution in [1.29, 1.82) is 10.5 Å². The molecule has 1 aliphatic rings. The van der Waals surface area contributed by atoms with E-state index >= 15 is 0 Å². The van der Waals surface area contributed by atoms with E-state index < -0.39 is 27.6 Å². The highest BCUT2D eigenvalue weighted by Crippen LogP contribution is 2.43. The highest BCUT2D eigenvalue weighted by Gasteiger charge is 2.36. The summed E-state index contributed by atoms with van der Waals surface area (Å²) < 4.78 is 45.6. The normalized spacial score (nSPS) is 19.2. The molecule has 1 aliphatic carbocycles. The highest BCUT2D eigenvalue weighted by molar-refractivity contribution is 7.99. The Balaban J connectivity index is 0.000000878. The largest absolute Gasteiger partial charge is 0.457 e. The van der Waals surface area contributed by atoms with Crippen LogP contribution >= 0.6 is 0 Å². The molecule has 2 aromatic carbocycles. The summed E-state index contributed by atoms with van der Waals surface area (Å²) in [5, 5.41) is 26.4. The molecule has 3 unspecified atom stereocenters. The minimum atomic E-state index is -2.68. The lowest BCUT2D eigenvalue weighted by molar-refractivity contribution is 0.0908. The zero-order valence-electron chi connectivity index (χ0n) is 15.3. The summed E-state index contributed by atoms with van der Waals surface area (Å²) >= 11 is 0. The van der Waals surface area contributed by atoms with Gasteiger partial charge in [0.2, 0.25) is 0 Å². The molecule has 3 rings (SSSR count). The maximum absolute atomic E-state index is 14.1. The Bertz CT molecular complexity index is 1090. The molecule has 0 aromatic heterocycles. The molecule has 0 aliphatic heterocycles. The Morgan fingerprint density at radius 3 is 2.54 bits per heavy atom. The van der Waals surface area contributed by atoms with Crippen LogP contribution in [0.25, 0.3) is 0 Å². The number of nitrogens with zero attached hydrogens (tertiary/aromatic N) is 2. The first kappa shape index (κ1) is 21.4. The molecule has 0 saturated carbocycles. The third-order valence-electron chi connectivity index (χ3n) is 4.00. The van der Waals surface area contributed by atoms with E-state index in [-0.39, 0.29) is 33.9 Å². The van der Waals surface area contributed by atoms with Gasteiger partial charge in [0.25, 0.3) is 0 Å². The van der Waals surface area contributed by atoms with Crippen molar-refractivity contribution < 1.29 is 22.8 Å². The third kappa shape index (κ3) is 4.48. The maximum Gasteiger partial charge on any atom is 0.134 e. The van der Waals surface area contributed by atoms with Gasteiger partial charge < -0.3 is 9.84 Å². The molecule has 0 saturated heterocycles. The van der Waals surface area contributed by atoms with Crippen LogP contribution < -0.4 is 4.74 Å². The van der Waals surface area contributed by atoms with Crippen LogP contribution in [0.3, 0.4) is 0 Å². The van der Waals surface area contributed by atoms with Gasteiger partial charge in [0.15, 0.2) is 0 Å². The van der Waals surface area contributed by atoms with Gasteiger partial charge in [0, 0.05) is 41.7 Å². The molecule has 0 amide bonds. The smallest absolute Gasteiger partial charge is 0.134 e. The summed E-state index contributed by atoms with van der Waals surface area (Å²) in [6.07, 6.45) is -1.68. The summed E-state index contributed by atoms with van der Waals surface area (Å²) in [5.41, 5.74) is 0.670. The van der Waals surface area contributed by atoms with Gasteiger partial charge in [-0.25, -0.2) is 8.78 Å². The van der Waals surface area contributed by atoms with Crippen LogP contribution in [-0.2, 0) is 15.9 Å². The molecule has 0 bridgehead atoms. The SMILES string of the molecule is C=S(C)(=O)c1ccc(Oc2cc(F)cc(C#N)c2)c2c1C(O)C(F)C2.CC#N. The average molecular weight is 404 g/mol. The molecular formula is C20H18F2N2O3S. The van der Waals surface area contributed by atoms with Crippen LogP contribution in [0.15, 0.2) is 35.2 Å². The van der Waals surface area contributed by atoms with Crippen molar-refractivity contribution in [1.82, 2.24) is 0 Å². The van der Waals surface area contributed by atoms with E-state index in [1.165, 1.54) is 31.4 Å². The number of benzene rings is 2. The molecule has 0 fully saturated rings. The van der Waals surface area contributed by atoms with Crippen molar-refractivity contribution >= 4 is 15.4 Å². The van der Waals surface area contributed by atoms with Gasteiger partial charge in [-0.2, -0.15) is 10.5 Å². The van der Waals surface area contributed by atoms with Crippen LogP contribution in [0.1, 0.15) is 29.7 Å². The first-order valence-electron chi connectivity index (χ1n) is 8.12. The van der Waals surface area contributed by atoms with Gasteiger partial charge in [0.05, 0.1) is 17.7 Å². The van der Waals surface area contributed by atoms with E-state index in [4.69, 9.17) is 15.3 Å². The summed E-state index contributed by atoms with van der Waals surface area (Å²) in [6, 6.07) is 10.1. The molecule has 1 N–H and O–H groups in total. The number of hydrogen-bond donors (Lipinski definition) is 1. The predicted molar refractivity (Wildman–Crippen MR) is 102 cm³/mol. The van der Waals surface area contributed by atoms with Gasteiger partial charge in [-0.15, -0.1) is 0 Å². The fourth-order valence-corrected chi connectivity index (χ4v) is 4.00. The fourth-order valence-electron chi connectivity index (χ4n) is 2.93. The minimum Gasteiger partial charge on any atom is -0.457 e. The molecule has 2 aromatic rings. The van der Waals surface area contributed by atoms with E-state index in [0.717, 1.165) is 12.1 Å². The van der Waals surface area contributed by atoms with Crippen molar-refractivity contribution in [2.45, 2.75) is 30.5 Å². The van der Waals surface area contributed by atoms with E-state index in [9.17, 15) is 18.1 Å². The molecule has 8 heteroatoms. The molecule has 146 valence electrons. The third-order valence-corrected chi connectivity index (χ3v) is 5.29. The standard InChI is InChI=1S/C18H15F2NO3S.C2H3N/c1-25(2,23)16-4-3-15(13-8-14(20)18(22)17(13)16)24-12-6-10(9-21)5-11(19)7-12;1-2-3/h3-7,14,18,22H,1,8H2,2H3;1H3. The Morgan fingerprint density at radius 1 is 1.32 bits per heavy atom. The Hall–Kier alpha value is -2.94. The highest BCUT2D eigenvalue weighted by atomic mass is 32.2. The lowest BCUT2D eigenvalue weighted by Crippen LogP contribution is -2.10. The zero-order valence-corrected chi connectivity index (χ0v) is 16.1. The topological polar surface area (TPSA) is 94.1 Å². The second-order valence-corrected chi connectivity index (χ2v) is 8.69. The monoisotopic (exact) mass is 404 g/mol. The van der Waals surface area contributed by atoms with Gasteiger partial charge in [-0.1, -0.05) is 0 Å². The van der Waals surface area contributed by atoms with Crippen LogP contribution in [0.4, 0.5) is 8.78 Å². The van der Waals surface area contributed by atoms with Crippen molar-refractivity contribution in [3.63, 3.8) is 0 Å². The van der Waals surface area contributed by atoms with Crippen molar-refractivity contribution in [3.05, 3.63) is 52.8 Å². The summed E-state index contributed by atoms with van der Waals surface area (Å²) in [4.78, 5) is 0.277. The van der Waals surface area contributed by atoms with E-state index in [2.05, 4.69) is 5.87 Å². The van der Waals surface area contributed by atoms with E-state index in [0.29, 0.717) is 5.56 Å². The second-order valence-electron chi connectivity index (χ2n) is 6.24. The molecular weight excluding hydrogens is 386 g/mol. The van der Waals surface area contributed by atoms with Gasteiger partial charge in [-0.05, 0) is 39.7 Å². The number of ether oxygens (including phenoxy) is 1. The first-order valence-corrected chi connectivity index (χ1v) is 10.3. The van der Waals surface area contributed by atoms with E-state index in [1.807, 2.05) is 6.07 Å². The summed E-state index contributed by atoms with van der Waals surface area (Å²) in [5.74, 6) is 3.25. The van der Waals surface area contributed by atoms with Crippen LogP contribution in [0.5, 0.6) is 11.5 Å². The Labute approximate surface area is 162 Å². The van der Waals surface area contributed by atoms with Gasteiger partial charge >= 0.3 is 0 Å². The molecule has 5 nitrogen and oxygen atoms in total. The molecule has 0 spiro atoms. The van der Waals surface area contributed by atoms with Crippen LogP contribution in [0.2, 0.25) is 0 Å². The molecule has 0 radical (unpaired) electrons. The van der Waals surface area contributed by atoms with Crippen LogP contribution in [0, 0.1) is 28.5 Å². The Morgan fingerprint density at radius 2 is 1.96 bits per heavy atom. The summed E-state index contributed by atoms with van der Waals surface area (Å²) in [6.45, 7) is 1.43. The first-order chi connectivity index (χ1) is 13.1. The predicted octanol–water partition coefficient (Wildman–Crippen LogP) is 3.65. The quantitative estimate of drug-likeness (QED) is 0.788. The number of aliphatic hydroxyl groups is 1. The van der Waals surface area contributed by atoms with Gasteiger partial charge in [-0.3, -0.25) is 4.21 Å². The number of nitriles is 2. The number of rotatable bonds is 3.